The summed E-state index contributed by atoms with van der Waals surface area (Å²) in [6.07, 6.45) is 3.46. The summed E-state index contributed by atoms with van der Waals surface area (Å²) in [6, 6.07) is 13.4. The number of aromatic amines is 1. The lowest BCUT2D eigenvalue weighted by Gasteiger charge is -2.18. The molecule has 0 aliphatic heterocycles. The van der Waals surface area contributed by atoms with Crippen LogP contribution in [0.15, 0.2) is 60.9 Å². The van der Waals surface area contributed by atoms with Gasteiger partial charge in [0.1, 0.15) is 29.1 Å². The molecular formula is C22H19F2N2OP. The molecule has 0 amide bonds. The molecule has 6 heteroatoms. The van der Waals surface area contributed by atoms with Gasteiger partial charge < -0.3 is 9.72 Å². The summed E-state index contributed by atoms with van der Waals surface area (Å²) in [5.74, 6) is -0.326. The first kappa shape index (κ1) is 18.6. The zero-order valence-electron chi connectivity index (χ0n) is 15.2. The zero-order valence-corrected chi connectivity index (χ0v) is 16.4. The molecule has 3 nitrogen and oxygen atoms in total. The van der Waals surface area contributed by atoms with Gasteiger partial charge in [-0.1, -0.05) is 18.2 Å². The van der Waals surface area contributed by atoms with Crippen LogP contribution in [-0.2, 0) is 6.42 Å². The van der Waals surface area contributed by atoms with Gasteiger partial charge in [0.25, 0.3) is 0 Å². The normalized spacial score (nSPS) is 12.3. The fourth-order valence-corrected chi connectivity index (χ4v) is 3.63. The van der Waals surface area contributed by atoms with Crippen LogP contribution < -0.4 is 10.0 Å². The largest absolute Gasteiger partial charge is 0.485 e. The number of benzene rings is 2. The lowest BCUT2D eigenvalue weighted by Crippen LogP contribution is -2.11. The summed E-state index contributed by atoms with van der Waals surface area (Å²) in [7, 11) is 2.57. The summed E-state index contributed by atoms with van der Waals surface area (Å²) in [4.78, 5) is 7.37. The molecule has 0 spiro atoms. The van der Waals surface area contributed by atoms with Gasteiger partial charge in [-0.3, -0.25) is 0 Å². The fraction of sp³-hybridized carbons (Fsp3) is 0.136. The Balaban J connectivity index is 1.59. The van der Waals surface area contributed by atoms with Crippen LogP contribution in [0, 0.1) is 11.6 Å². The highest BCUT2D eigenvalue weighted by atomic mass is 31.0. The summed E-state index contributed by atoms with van der Waals surface area (Å²) in [5.41, 5.74) is 2.74. The number of fused-ring (bicyclic) bond motifs is 1. The van der Waals surface area contributed by atoms with Crippen LogP contribution in [-0.4, -0.2) is 9.97 Å². The Kier molecular flexibility index (Phi) is 5.10. The number of nitrogens with one attached hydrogen (secondary N) is 1. The van der Waals surface area contributed by atoms with E-state index in [0.717, 1.165) is 21.9 Å². The minimum absolute atomic E-state index is 0.342. The Hall–Kier alpha value is -2.78. The number of halogens is 2. The van der Waals surface area contributed by atoms with Crippen molar-refractivity contribution in [2.75, 3.05) is 0 Å². The first-order valence-electron chi connectivity index (χ1n) is 8.93. The third-order valence-corrected chi connectivity index (χ3v) is 5.19. The van der Waals surface area contributed by atoms with E-state index in [4.69, 9.17) is 4.74 Å². The third-order valence-electron chi connectivity index (χ3n) is 4.74. The first-order valence-corrected chi connectivity index (χ1v) is 9.50. The van der Waals surface area contributed by atoms with Crippen LogP contribution in [0.3, 0.4) is 0 Å². The van der Waals surface area contributed by atoms with Crippen molar-refractivity contribution in [2.24, 2.45) is 0 Å². The minimum atomic E-state index is -0.537. The maximum Gasteiger partial charge on any atom is 0.137 e. The molecule has 2 heterocycles. The van der Waals surface area contributed by atoms with Gasteiger partial charge in [0.05, 0.1) is 0 Å². The molecule has 28 heavy (non-hydrogen) atoms. The van der Waals surface area contributed by atoms with E-state index in [2.05, 4.69) is 19.2 Å². The smallest absolute Gasteiger partial charge is 0.137 e. The summed E-state index contributed by atoms with van der Waals surface area (Å²) < 4.78 is 34.6. The molecule has 2 atom stereocenters. The number of hydrogen-bond donors (Lipinski definition) is 1. The Labute approximate surface area is 164 Å². The molecule has 2 aromatic carbocycles. The highest BCUT2D eigenvalue weighted by molar-refractivity contribution is 7.27. The van der Waals surface area contributed by atoms with Crippen molar-refractivity contribution in [3.05, 3.63) is 89.2 Å². The van der Waals surface area contributed by atoms with Crippen molar-refractivity contribution in [2.45, 2.75) is 19.4 Å². The third kappa shape index (κ3) is 3.63. The van der Waals surface area contributed by atoms with Gasteiger partial charge >= 0.3 is 0 Å². The molecule has 0 saturated carbocycles. The van der Waals surface area contributed by atoms with Crippen molar-refractivity contribution in [1.82, 2.24) is 9.97 Å². The second kappa shape index (κ2) is 7.69. The fourth-order valence-electron chi connectivity index (χ4n) is 3.28. The molecule has 4 rings (SSSR count). The second-order valence-electron chi connectivity index (χ2n) is 6.65. The number of hydrogen-bond acceptors (Lipinski definition) is 2. The molecule has 2 aromatic heterocycles. The molecule has 142 valence electrons. The van der Waals surface area contributed by atoms with Crippen LogP contribution >= 0.6 is 9.24 Å². The average molecular weight is 396 g/mol. The van der Waals surface area contributed by atoms with E-state index < -0.39 is 6.10 Å². The quantitative estimate of drug-likeness (QED) is 0.478. The highest BCUT2D eigenvalue weighted by Crippen LogP contribution is 2.27. The van der Waals surface area contributed by atoms with Crippen molar-refractivity contribution in [3.8, 4) is 5.75 Å². The van der Waals surface area contributed by atoms with E-state index in [0.29, 0.717) is 23.3 Å². The molecule has 0 radical (unpaired) electrons. The monoisotopic (exact) mass is 396 g/mol. The van der Waals surface area contributed by atoms with Gasteiger partial charge in [-0.05, 0) is 42.3 Å². The summed E-state index contributed by atoms with van der Waals surface area (Å²) >= 11 is 0. The Morgan fingerprint density at radius 1 is 1.07 bits per heavy atom. The van der Waals surface area contributed by atoms with E-state index in [1.807, 2.05) is 18.3 Å². The Morgan fingerprint density at radius 3 is 2.71 bits per heavy atom. The van der Waals surface area contributed by atoms with E-state index in [9.17, 15) is 8.78 Å². The maximum atomic E-state index is 14.8. The van der Waals surface area contributed by atoms with E-state index in [1.165, 1.54) is 12.1 Å². The lowest BCUT2D eigenvalue weighted by atomic mass is 10.0. The number of rotatable bonds is 5. The van der Waals surface area contributed by atoms with Gasteiger partial charge in [-0.25, -0.2) is 13.8 Å². The number of ether oxygens (including phenoxy) is 1. The lowest BCUT2D eigenvalue weighted by molar-refractivity contribution is 0.222. The molecule has 0 aliphatic carbocycles. The molecule has 0 fully saturated rings. The number of pyridine rings is 1. The van der Waals surface area contributed by atoms with Gasteiger partial charge in [0, 0.05) is 41.1 Å². The molecule has 1 N–H and O–H groups in total. The highest BCUT2D eigenvalue weighted by Gasteiger charge is 2.16. The standard InChI is InChI=1S/C22H19F2N2OP/c1-13(16-5-2-3-7-18(16)23)27-20-11-19(24)14(10-21(20)28)9-15-12-26-22-17(15)6-4-8-25-22/h2-8,10-13H,9,28H2,1H3,(H,25,26). The van der Waals surface area contributed by atoms with Gasteiger partial charge in [0.2, 0.25) is 0 Å². The van der Waals surface area contributed by atoms with E-state index >= 15 is 0 Å². The van der Waals surface area contributed by atoms with Crippen molar-refractivity contribution < 1.29 is 13.5 Å². The van der Waals surface area contributed by atoms with Crippen LogP contribution in [0.1, 0.15) is 29.7 Å². The van der Waals surface area contributed by atoms with E-state index in [1.54, 1.807) is 37.4 Å². The number of nitrogens with zero attached hydrogens (tertiary/aromatic N) is 1. The van der Waals surface area contributed by atoms with Crippen molar-refractivity contribution >= 4 is 25.6 Å². The minimum Gasteiger partial charge on any atom is -0.485 e. The topological polar surface area (TPSA) is 37.9 Å². The molecule has 4 aromatic rings. The Bertz CT molecular complexity index is 1140. The predicted molar refractivity (Wildman–Crippen MR) is 110 cm³/mol. The summed E-state index contributed by atoms with van der Waals surface area (Å²) in [6.45, 7) is 1.74. The van der Waals surface area contributed by atoms with Crippen molar-refractivity contribution in [1.29, 1.82) is 0 Å². The summed E-state index contributed by atoms with van der Waals surface area (Å²) in [5, 5.41) is 1.69. The molecule has 0 saturated heterocycles. The first-order chi connectivity index (χ1) is 13.5. The van der Waals surface area contributed by atoms with Crippen molar-refractivity contribution in [3.63, 3.8) is 0 Å². The molecule has 0 aliphatic rings. The SMILES string of the molecule is CC(Oc1cc(F)c(Cc2c[nH]c3ncccc23)cc1P)c1ccccc1F. The number of aromatic nitrogens is 2. The van der Waals surface area contributed by atoms with E-state index in [-0.39, 0.29) is 11.6 Å². The maximum absolute atomic E-state index is 14.8. The second-order valence-corrected chi connectivity index (χ2v) is 7.28. The molecular weight excluding hydrogens is 377 g/mol. The van der Waals surface area contributed by atoms with Gasteiger partial charge in [0.15, 0.2) is 0 Å². The van der Waals surface area contributed by atoms with Crippen LogP contribution in [0.4, 0.5) is 8.78 Å². The zero-order chi connectivity index (χ0) is 19.7. The van der Waals surface area contributed by atoms with Crippen LogP contribution in [0.25, 0.3) is 11.0 Å². The average Bonchev–Trinajstić information content (AvgIpc) is 3.09. The molecule has 0 bridgehead atoms. The van der Waals surface area contributed by atoms with Gasteiger partial charge in [-0.15, -0.1) is 9.24 Å². The van der Waals surface area contributed by atoms with Crippen LogP contribution in [0.2, 0.25) is 0 Å². The predicted octanol–water partition coefficient (Wildman–Crippen LogP) is 5.07. The Morgan fingerprint density at radius 2 is 1.89 bits per heavy atom. The van der Waals surface area contributed by atoms with Crippen LogP contribution in [0.5, 0.6) is 5.75 Å². The molecule has 2 unspecified atom stereocenters. The van der Waals surface area contributed by atoms with Gasteiger partial charge in [-0.2, -0.15) is 0 Å². The number of H-pyrrole nitrogens is 1.